The van der Waals surface area contributed by atoms with Crippen molar-refractivity contribution in [1.29, 1.82) is 0 Å². The summed E-state index contributed by atoms with van der Waals surface area (Å²) in [5, 5.41) is 10.0. The smallest absolute Gasteiger partial charge is 0.343 e. The highest BCUT2D eigenvalue weighted by molar-refractivity contribution is 7.71. The highest BCUT2D eigenvalue weighted by Gasteiger charge is 2.08. The summed E-state index contributed by atoms with van der Waals surface area (Å²) in [4.78, 5) is 23.6. The van der Waals surface area contributed by atoms with E-state index in [1.54, 1.807) is 24.3 Å². The van der Waals surface area contributed by atoms with Gasteiger partial charge in [0.15, 0.2) is 0 Å². The summed E-state index contributed by atoms with van der Waals surface area (Å²) < 4.78 is 19.1. The Bertz CT molecular complexity index is 1040. The topological polar surface area (TPSA) is 89.3 Å². The molecule has 0 atom stereocenters. The van der Waals surface area contributed by atoms with E-state index in [-0.39, 0.29) is 10.3 Å². The fourth-order valence-corrected chi connectivity index (χ4v) is 2.14. The number of halogens is 1. The Morgan fingerprint density at radius 3 is 2.54 bits per heavy atom. The van der Waals surface area contributed by atoms with E-state index in [0.717, 1.165) is 10.9 Å². The van der Waals surface area contributed by atoms with Gasteiger partial charge in [-0.15, -0.1) is 0 Å². The van der Waals surface area contributed by atoms with Gasteiger partial charge in [0, 0.05) is 0 Å². The molecular weight excluding hydrogens is 359 g/mol. The van der Waals surface area contributed by atoms with E-state index in [4.69, 9.17) is 17.0 Å². The molecule has 0 aliphatic rings. The first-order valence-corrected chi connectivity index (χ1v) is 7.73. The minimum atomic E-state index is -0.596. The third kappa shape index (κ3) is 4.14. The third-order valence-electron chi connectivity index (χ3n) is 3.23. The van der Waals surface area contributed by atoms with Crippen molar-refractivity contribution < 1.29 is 13.9 Å². The second kappa shape index (κ2) is 7.62. The number of esters is 1. The molecule has 0 bridgehead atoms. The van der Waals surface area contributed by atoms with Crippen LogP contribution in [0.2, 0.25) is 0 Å². The first kappa shape index (κ1) is 17.4. The lowest BCUT2D eigenvalue weighted by atomic mass is 10.2. The van der Waals surface area contributed by atoms with Crippen molar-refractivity contribution >= 4 is 24.4 Å². The van der Waals surface area contributed by atoms with E-state index in [0.29, 0.717) is 11.3 Å². The second-order valence-corrected chi connectivity index (χ2v) is 5.42. The molecule has 1 aromatic heterocycles. The predicted octanol–water partition coefficient (Wildman–Crippen LogP) is 2.54. The molecule has 3 aromatic rings. The Morgan fingerprint density at radius 2 is 1.88 bits per heavy atom. The van der Waals surface area contributed by atoms with Gasteiger partial charge in [-0.05, 0) is 66.3 Å². The lowest BCUT2D eigenvalue weighted by Crippen LogP contribution is -2.18. The van der Waals surface area contributed by atoms with Crippen LogP contribution in [0, 0.1) is 10.6 Å². The highest BCUT2D eigenvalue weighted by atomic mass is 32.1. The van der Waals surface area contributed by atoms with Crippen LogP contribution >= 0.6 is 12.2 Å². The van der Waals surface area contributed by atoms with E-state index < -0.39 is 17.3 Å². The van der Waals surface area contributed by atoms with Crippen LogP contribution in [0.1, 0.15) is 15.9 Å². The molecule has 1 heterocycles. The molecule has 0 spiro atoms. The lowest BCUT2D eigenvalue weighted by molar-refractivity contribution is 0.0734. The van der Waals surface area contributed by atoms with Crippen LogP contribution in [-0.4, -0.2) is 27.1 Å². The van der Waals surface area contributed by atoms with E-state index in [1.165, 1.54) is 30.5 Å². The number of ether oxygens (including phenoxy) is 1. The Hall–Kier alpha value is -3.46. The quantitative estimate of drug-likeness (QED) is 0.330. The van der Waals surface area contributed by atoms with Crippen LogP contribution in [-0.2, 0) is 0 Å². The van der Waals surface area contributed by atoms with Gasteiger partial charge in [0.05, 0.1) is 11.8 Å². The fraction of sp³-hybridized carbons (Fsp3) is 0. The van der Waals surface area contributed by atoms with Crippen molar-refractivity contribution in [1.82, 2.24) is 14.9 Å². The number of aromatic amines is 1. The standard InChI is InChI=1S/C17H11FN4O3S/c18-13-5-3-12(4-6-13)16(24)25-14-7-1-11(2-8-14)9-20-22-15(23)10-19-21-17(22)26/h1-10H,(H,21,26)/b20-9+. The van der Waals surface area contributed by atoms with Crippen LogP contribution < -0.4 is 10.3 Å². The van der Waals surface area contributed by atoms with Gasteiger partial charge in [-0.3, -0.25) is 9.89 Å². The summed E-state index contributed by atoms with van der Waals surface area (Å²) in [5.74, 6) is -0.714. The van der Waals surface area contributed by atoms with Crippen LogP contribution in [0.5, 0.6) is 5.75 Å². The summed E-state index contributed by atoms with van der Waals surface area (Å²) in [5.41, 5.74) is 0.433. The largest absolute Gasteiger partial charge is 0.423 e. The molecule has 2 aromatic carbocycles. The summed E-state index contributed by atoms with van der Waals surface area (Å²) in [7, 11) is 0. The molecule has 0 fully saturated rings. The van der Waals surface area contributed by atoms with Crippen molar-refractivity contribution in [2.45, 2.75) is 0 Å². The highest BCUT2D eigenvalue weighted by Crippen LogP contribution is 2.14. The lowest BCUT2D eigenvalue weighted by Gasteiger charge is -2.04. The Morgan fingerprint density at radius 1 is 1.19 bits per heavy atom. The first-order valence-electron chi connectivity index (χ1n) is 7.32. The number of nitrogens with zero attached hydrogens (tertiary/aromatic N) is 3. The molecule has 7 nitrogen and oxygen atoms in total. The molecule has 0 unspecified atom stereocenters. The normalized spacial score (nSPS) is 10.8. The second-order valence-electron chi connectivity index (χ2n) is 5.04. The molecule has 0 saturated carbocycles. The zero-order valence-electron chi connectivity index (χ0n) is 13.1. The average molecular weight is 370 g/mol. The van der Waals surface area contributed by atoms with E-state index in [9.17, 15) is 14.0 Å². The maximum Gasteiger partial charge on any atom is 0.343 e. The summed E-state index contributed by atoms with van der Waals surface area (Å²) in [6.45, 7) is 0. The monoisotopic (exact) mass is 370 g/mol. The number of nitrogens with one attached hydrogen (secondary N) is 1. The van der Waals surface area contributed by atoms with E-state index in [2.05, 4.69) is 15.3 Å². The number of carbonyl (C=O) groups is 1. The number of hydrogen-bond acceptors (Lipinski definition) is 6. The van der Waals surface area contributed by atoms with Gasteiger partial charge in [-0.1, -0.05) is 0 Å². The summed E-state index contributed by atoms with van der Waals surface area (Å²) >= 11 is 4.93. The van der Waals surface area contributed by atoms with Crippen LogP contribution in [0.25, 0.3) is 0 Å². The summed E-state index contributed by atoms with van der Waals surface area (Å²) in [6.07, 6.45) is 2.49. The van der Waals surface area contributed by atoms with Crippen LogP contribution in [0.3, 0.4) is 0 Å². The van der Waals surface area contributed by atoms with Gasteiger partial charge < -0.3 is 4.74 Å². The maximum atomic E-state index is 12.9. The molecule has 0 aliphatic heterocycles. The Labute approximate surface area is 151 Å². The Kier molecular flexibility index (Phi) is 5.09. The number of carbonyl (C=O) groups excluding carboxylic acids is 1. The van der Waals surface area contributed by atoms with E-state index >= 15 is 0 Å². The number of benzene rings is 2. The van der Waals surface area contributed by atoms with Crippen LogP contribution in [0.15, 0.2) is 64.6 Å². The van der Waals surface area contributed by atoms with Crippen molar-refractivity contribution in [2.24, 2.45) is 5.10 Å². The number of hydrogen-bond donors (Lipinski definition) is 1. The number of aromatic nitrogens is 3. The molecule has 0 aliphatic carbocycles. The first-order chi connectivity index (χ1) is 12.5. The zero-order valence-corrected chi connectivity index (χ0v) is 13.9. The Balaban J connectivity index is 1.71. The van der Waals surface area contributed by atoms with E-state index in [1.807, 2.05) is 0 Å². The zero-order chi connectivity index (χ0) is 18.5. The predicted molar refractivity (Wildman–Crippen MR) is 94.5 cm³/mol. The van der Waals surface area contributed by atoms with Crippen molar-refractivity contribution in [3.05, 3.63) is 86.8 Å². The fourth-order valence-electron chi connectivity index (χ4n) is 1.95. The summed E-state index contributed by atoms with van der Waals surface area (Å²) in [6, 6.07) is 11.5. The average Bonchev–Trinajstić information content (AvgIpc) is 2.63. The molecule has 0 saturated heterocycles. The molecule has 130 valence electrons. The molecule has 0 radical (unpaired) electrons. The number of H-pyrrole nitrogens is 1. The van der Waals surface area contributed by atoms with Crippen LogP contribution in [0.4, 0.5) is 4.39 Å². The van der Waals surface area contributed by atoms with Gasteiger partial charge in [-0.2, -0.15) is 14.9 Å². The van der Waals surface area contributed by atoms with Crippen molar-refractivity contribution in [3.63, 3.8) is 0 Å². The van der Waals surface area contributed by atoms with Gasteiger partial charge in [0.1, 0.15) is 17.8 Å². The molecular formula is C17H11FN4O3S. The SMILES string of the molecule is O=C(Oc1ccc(/C=N/n2c(=O)cn[nH]c2=S)cc1)c1ccc(F)cc1. The van der Waals surface area contributed by atoms with Gasteiger partial charge in [0.2, 0.25) is 4.77 Å². The van der Waals surface area contributed by atoms with Crippen molar-refractivity contribution in [2.75, 3.05) is 0 Å². The maximum absolute atomic E-state index is 12.9. The number of rotatable bonds is 4. The van der Waals surface area contributed by atoms with Gasteiger partial charge in [0.25, 0.3) is 5.56 Å². The minimum absolute atomic E-state index is 0.0681. The molecule has 26 heavy (non-hydrogen) atoms. The molecule has 3 rings (SSSR count). The van der Waals surface area contributed by atoms with Gasteiger partial charge >= 0.3 is 5.97 Å². The van der Waals surface area contributed by atoms with Crippen molar-refractivity contribution in [3.8, 4) is 5.75 Å². The molecule has 9 heteroatoms. The molecule has 1 N–H and O–H groups in total. The van der Waals surface area contributed by atoms with Gasteiger partial charge in [-0.25, -0.2) is 9.18 Å². The third-order valence-corrected chi connectivity index (χ3v) is 3.49. The molecule has 0 amide bonds. The minimum Gasteiger partial charge on any atom is -0.423 e.